The quantitative estimate of drug-likeness (QED) is 0.385. The van der Waals surface area contributed by atoms with Crippen LogP contribution >= 0.6 is 34.8 Å². The maximum Gasteiger partial charge on any atom is 0.319 e. The number of anilines is 2. The minimum atomic E-state index is -3.87. The van der Waals surface area contributed by atoms with Crippen molar-refractivity contribution in [1.29, 1.82) is 0 Å². The van der Waals surface area contributed by atoms with Crippen molar-refractivity contribution in [3.8, 4) is 0 Å². The van der Waals surface area contributed by atoms with Crippen LogP contribution in [0.1, 0.15) is 11.1 Å². The lowest BCUT2D eigenvalue weighted by Gasteiger charge is -2.13. The van der Waals surface area contributed by atoms with E-state index in [4.69, 9.17) is 34.8 Å². The molecule has 162 valence electrons. The van der Waals surface area contributed by atoms with Gasteiger partial charge in [-0.05, 0) is 66.6 Å². The number of carbonyl (C=O) groups excluding carboxylic acids is 1. The van der Waals surface area contributed by atoms with Gasteiger partial charge in [-0.15, -0.1) is 0 Å². The molecule has 0 aliphatic heterocycles. The smallest absolute Gasteiger partial charge is 0.319 e. The number of halogens is 3. The maximum atomic E-state index is 12.8. The van der Waals surface area contributed by atoms with Crippen LogP contribution in [0.4, 0.5) is 16.2 Å². The average Bonchev–Trinajstić information content (AvgIpc) is 2.70. The second-order valence-electron chi connectivity index (χ2n) is 6.64. The summed E-state index contributed by atoms with van der Waals surface area (Å²) in [7, 11) is -3.87. The van der Waals surface area contributed by atoms with E-state index in [1.807, 2.05) is 0 Å². The van der Waals surface area contributed by atoms with Gasteiger partial charge < -0.3 is 10.6 Å². The summed E-state index contributed by atoms with van der Waals surface area (Å²) in [4.78, 5) is 12.3. The third-order valence-corrected chi connectivity index (χ3v) is 6.65. The third-order valence-electron chi connectivity index (χ3n) is 4.29. The van der Waals surface area contributed by atoms with Gasteiger partial charge in [0.1, 0.15) is 0 Å². The monoisotopic (exact) mass is 497 g/mol. The fraction of sp³-hybridized carbons (Fsp3) is 0.0952. The minimum absolute atomic E-state index is 0.0426. The number of urea groups is 1. The molecule has 0 aromatic heterocycles. The van der Waals surface area contributed by atoms with Crippen LogP contribution in [0.3, 0.4) is 0 Å². The maximum absolute atomic E-state index is 12.8. The Bertz CT molecular complexity index is 1220. The summed E-state index contributed by atoms with van der Waals surface area (Å²) in [5.41, 5.74) is 1.92. The van der Waals surface area contributed by atoms with Crippen LogP contribution in [0.5, 0.6) is 0 Å². The van der Waals surface area contributed by atoms with Gasteiger partial charge in [-0.1, -0.05) is 46.9 Å². The van der Waals surface area contributed by atoms with Crippen molar-refractivity contribution in [3.05, 3.63) is 86.9 Å². The second-order valence-corrected chi connectivity index (χ2v) is 9.57. The highest BCUT2D eigenvalue weighted by molar-refractivity contribution is 7.92. The molecule has 3 aromatic rings. The summed E-state index contributed by atoms with van der Waals surface area (Å²) in [6.45, 7) is 1.85. The Kier molecular flexibility index (Phi) is 7.33. The summed E-state index contributed by atoms with van der Waals surface area (Å²) < 4.78 is 28.1. The van der Waals surface area contributed by atoms with Crippen LogP contribution in [0, 0.1) is 6.92 Å². The van der Waals surface area contributed by atoms with Gasteiger partial charge in [-0.3, -0.25) is 4.72 Å². The molecule has 0 saturated carbocycles. The highest BCUT2D eigenvalue weighted by Crippen LogP contribution is 2.24. The van der Waals surface area contributed by atoms with Gasteiger partial charge in [0, 0.05) is 33.0 Å². The molecule has 0 aliphatic carbocycles. The summed E-state index contributed by atoms with van der Waals surface area (Å²) in [6.07, 6.45) is 0. The first kappa shape index (κ1) is 23.2. The molecule has 10 heteroatoms. The van der Waals surface area contributed by atoms with Crippen LogP contribution in [-0.2, 0) is 16.6 Å². The topological polar surface area (TPSA) is 87.3 Å². The molecule has 0 fully saturated rings. The highest BCUT2D eigenvalue weighted by Gasteiger charge is 2.18. The predicted molar refractivity (Wildman–Crippen MR) is 126 cm³/mol. The summed E-state index contributed by atoms with van der Waals surface area (Å²) in [6, 6.07) is 15.4. The molecule has 3 rings (SSSR count). The number of benzene rings is 3. The molecule has 0 aliphatic rings. The molecule has 0 atom stereocenters. The minimum Gasteiger partial charge on any atom is -0.334 e. The number of sulfonamides is 1. The molecule has 31 heavy (non-hydrogen) atoms. The van der Waals surface area contributed by atoms with E-state index >= 15 is 0 Å². The van der Waals surface area contributed by atoms with Gasteiger partial charge in [0.2, 0.25) is 0 Å². The van der Waals surface area contributed by atoms with Crippen molar-refractivity contribution in [2.75, 3.05) is 10.0 Å². The highest BCUT2D eigenvalue weighted by atomic mass is 35.5. The van der Waals surface area contributed by atoms with Gasteiger partial charge in [0.25, 0.3) is 10.0 Å². The number of hydrogen-bond acceptors (Lipinski definition) is 3. The number of nitrogens with one attached hydrogen (secondary N) is 3. The molecule has 0 radical (unpaired) electrons. The van der Waals surface area contributed by atoms with Crippen molar-refractivity contribution in [1.82, 2.24) is 5.32 Å². The lowest BCUT2D eigenvalue weighted by atomic mass is 10.2. The number of amides is 2. The molecule has 2 amide bonds. The van der Waals surface area contributed by atoms with Crippen LogP contribution < -0.4 is 15.4 Å². The third kappa shape index (κ3) is 6.27. The van der Waals surface area contributed by atoms with Gasteiger partial charge >= 0.3 is 6.03 Å². The van der Waals surface area contributed by atoms with Crippen molar-refractivity contribution in [2.45, 2.75) is 18.4 Å². The Morgan fingerprint density at radius 3 is 2.19 bits per heavy atom. The number of hydrogen-bond donors (Lipinski definition) is 3. The van der Waals surface area contributed by atoms with Crippen LogP contribution in [-0.4, -0.2) is 14.4 Å². The molecule has 0 heterocycles. The van der Waals surface area contributed by atoms with E-state index < -0.39 is 16.1 Å². The van der Waals surface area contributed by atoms with Gasteiger partial charge in [-0.25, -0.2) is 13.2 Å². The SMILES string of the molecule is Cc1ccc(NC(=O)NCc2ccc(Cl)cc2Cl)cc1S(=O)(=O)Nc1ccc(Cl)cc1. The molecule has 3 N–H and O–H groups in total. The number of rotatable bonds is 6. The first-order chi connectivity index (χ1) is 14.6. The summed E-state index contributed by atoms with van der Waals surface area (Å²) in [5, 5.41) is 6.73. The molecule has 3 aromatic carbocycles. The zero-order valence-electron chi connectivity index (χ0n) is 16.2. The van der Waals surface area contributed by atoms with Crippen molar-refractivity contribution < 1.29 is 13.2 Å². The zero-order chi connectivity index (χ0) is 22.6. The van der Waals surface area contributed by atoms with Gasteiger partial charge in [0.05, 0.1) is 4.90 Å². The van der Waals surface area contributed by atoms with E-state index in [9.17, 15) is 13.2 Å². The molecule has 0 spiro atoms. The molecule has 0 saturated heterocycles. The Labute approximate surface area is 195 Å². The zero-order valence-corrected chi connectivity index (χ0v) is 19.3. The van der Waals surface area contributed by atoms with Crippen molar-refractivity contribution in [2.24, 2.45) is 0 Å². The molecule has 0 unspecified atom stereocenters. The molecular formula is C21H18Cl3N3O3S. The number of carbonyl (C=O) groups is 1. The van der Waals surface area contributed by atoms with E-state index in [-0.39, 0.29) is 11.4 Å². The fourth-order valence-corrected chi connectivity index (χ4v) is 4.64. The lowest BCUT2D eigenvalue weighted by Crippen LogP contribution is -2.28. The average molecular weight is 499 g/mol. The second kappa shape index (κ2) is 9.78. The largest absolute Gasteiger partial charge is 0.334 e. The number of aryl methyl sites for hydroxylation is 1. The fourth-order valence-electron chi connectivity index (χ4n) is 2.71. The van der Waals surface area contributed by atoms with E-state index in [0.29, 0.717) is 37.6 Å². The first-order valence-electron chi connectivity index (χ1n) is 9.02. The van der Waals surface area contributed by atoms with Gasteiger partial charge in [0.15, 0.2) is 0 Å². The summed E-state index contributed by atoms with van der Waals surface area (Å²) in [5.74, 6) is 0. The Morgan fingerprint density at radius 2 is 1.52 bits per heavy atom. The molecular weight excluding hydrogens is 481 g/mol. The van der Waals surface area contributed by atoms with Crippen molar-refractivity contribution in [3.63, 3.8) is 0 Å². The van der Waals surface area contributed by atoms with Gasteiger partial charge in [-0.2, -0.15) is 0 Å². The lowest BCUT2D eigenvalue weighted by molar-refractivity contribution is 0.251. The summed E-state index contributed by atoms with van der Waals surface area (Å²) >= 11 is 17.8. The standard InChI is InChI=1S/C21H18Cl3N3O3S/c1-13-2-7-18(26-21(28)25-12-14-3-4-16(23)10-19(14)24)11-20(13)31(29,30)27-17-8-5-15(22)6-9-17/h2-11,27H,12H2,1H3,(H2,25,26,28). The van der Waals surface area contributed by atoms with Crippen LogP contribution in [0.2, 0.25) is 15.1 Å². The van der Waals surface area contributed by atoms with Crippen LogP contribution in [0.25, 0.3) is 0 Å². The first-order valence-corrected chi connectivity index (χ1v) is 11.6. The van der Waals surface area contributed by atoms with E-state index in [1.165, 1.54) is 6.07 Å². The van der Waals surface area contributed by atoms with E-state index in [2.05, 4.69) is 15.4 Å². The molecule has 0 bridgehead atoms. The van der Waals surface area contributed by atoms with Crippen LogP contribution in [0.15, 0.2) is 65.6 Å². The van der Waals surface area contributed by atoms with E-state index in [0.717, 1.165) is 0 Å². The van der Waals surface area contributed by atoms with Crippen molar-refractivity contribution >= 4 is 62.2 Å². The Morgan fingerprint density at radius 1 is 0.871 bits per heavy atom. The predicted octanol–water partition coefficient (Wildman–Crippen LogP) is 6.08. The molecule has 6 nitrogen and oxygen atoms in total. The normalized spacial score (nSPS) is 11.1. The van der Waals surface area contributed by atoms with E-state index in [1.54, 1.807) is 61.5 Å². The Balaban J connectivity index is 1.71. The Hall–Kier alpha value is -2.45.